The Hall–Kier alpha value is -1.41. The van der Waals surface area contributed by atoms with Crippen LogP contribution in [0.1, 0.15) is 45.4 Å². The van der Waals surface area contributed by atoms with Crippen molar-refractivity contribution in [2.45, 2.75) is 52.7 Å². The van der Waals surface area contributed by atoms with E-state index in [1.807, 2.05) is 13.8 Å². The first-order valence-corrected chi connectivity index (χ1v) is 7.10. The summed E-state index contributed by atoms with van der Waals surface area (Å²) in [6.07, 6.45) is 2.09. The number of nitrogens with one attached hydrogen (secondary N) is 1. The second kappa shape index (κ2) is 6.50. The molecule has 0 unspecified atom stereocenters. The summed E-state index contributed by atoms with van der Waals surface area (Å²) in [4.78, 5) is 0.513. The van der Waals surface area contributed by atoms with Crippen molar-refractivity contribution in [3.05, 3.63) is 4.88 Å². The molecule has 0 saturated carbocycles. The third-order valence-corrected chi connectivity index (χ3v) is 3.70. The molecule has 1 aromatic heterocycles. The average Bonchev–Trinajstić information content (AvgIpc) is 2.63. The number of ether oxygens (including phenoxy) is 1. The Morgan fingerprint density at radius 1 is 1.39 bits per heavy atom. The van der Waals surface area contributed by atoms with Gasteiger partial charge in [-0.1, -0.05) is 13.8 Å². The SMILES string of the molecule is CCC(CC)Nc1sc(C#N)c(N)c1OC(C)C. The summed E-state index contributed by atoms with van der Waals surface area (Å²) in [6, 6.07) is 2.49. The van der Waals surface area contributed by atoms with Crippen LogP contribution in [0.15, 0.2) is 0 Å². The van der Waals surface area contributed by atoms with Crippen LogP contribution >= 0.6 is 11.3 Å². The predicted octanol–water partition coefficient (Wildman–Crippen LogP) is 3.59. The summed E-state index contributed by atoms with van der Waals surface area (Å²) in [5.74, 6) is 0.624. The van der Waals surface area contributed by atoms with Crippen LogP contribution < -0.4 is 15.8 Å². The second-order valence-electron chi connectivity index (χ2n) is 4.44. The summed E-state index contributed by atoms with van der Waals surface area (Å²) >= 11 is 1.36. The number of hydrogen-bond donors (Lipinski definition) is 2. The lowest BCUT2D eigenvalue weighted by atomic mass is 10.2. The number of rotatable bonds is 6. The lowest BCUT2D eigenvalue weighted by Gasteiger charge is -2.17. The largest absolute Gasteiger partial charge is 0.486 e. The van der Waals surface area contributed by atoms with Crippen LogP contribution in [0.4, 0.5) is 10.7 Å². The van der Waals surface area contributed by atoms with Gasteiger partial charge in [0, 0.05) is 6.04 Å². The number of hydrogen-bond acceptors (Lipinski definition) is 5. The molecule has 0 aliphatic carbocycles. The minimum atomic E-state index is 0.0377. The Bertz CT molecular complexity index is 430. The Kier molecular flexibility index (Phi) is 5.29. The van der Waals surface area contributed by atoms with E-state index in [0.29, 0.717) is 22.4 Å². The van der Waals surface area contributed by atoms with E-state index < -0.39 is 0 Å². The van der Waals surface area contributed by atoms with Gasteiger partial charge in [-0.05, 0) is 26.7 Å². The molecule has 5 heteroatoms. The van der Waals surface area contributed by atoms with Gasteiger partial charge in [0.25, 0.3) is 0 Å². The van der Waals surface area contributed by atoms with Crippen molar-refractivity contribution >= 4 is 22.0 Å². The van der Waals surface area contributed by atoms with E-state index in [4.69, 9.17) is 15.7 Å². The number of nitrogens with zero attached hydrogens (tertiary/aromatic N) is 1. The van der Waals surface area contributed by atoms with Crippen molar-refractivity contribution in [2.24, 2.45) is 0 Å². The van der Waals surface area contributed by atoms with Crippen molar-refractivity contribution in [3.63, 3.8) is 0 Å². The van der Waals surface area contributed by atoms with E-state index in [1.165, 1.54) is 11.3 Å². The molecule has 0 radical (unpaired) electrons. The maximum Gasteiger partial charge on any atom is 0.178 e. The number of nitriles is 1. The quantitative estimate of drug-likeness (QED) is 0.826. The Morgan fingerprint density at radius 3 is 2.44 bits per heavy atom. The highest BCUT2D eigenvalue weighted by molar-refractivity contribution is 7.17. The van der Waals surface area contributed by atoms with Gasteiger partial charge < -0.3 is 15.8 Å². The molecule has 0 spiro atoms. The minimum absolute atomic E-state index is 0.0377. The molecule has 0 aromatic carbocycles. The standard InChI is InChI=1S/C13H21N3OS/c1-5-9(6-2)16-13-12(17-8(3)4)11(15)10(7-14)18-13/h8-9,16H,5-6,15H2,1-4H3. The zero-order valence-corrected chi connectivity index (χ0v) is 12.2. The third-order valence-electron chi connectivity index (χ3n) is 2.68. The van der Waals surface area contributed by atoms with Gasteiger partial charge >= 0.3 is 0 Å². The van der Waals surface area contributed by atoms with Crippen LogP contribution in [-0.2, 0) is 0 Å². The van der Waals surface area contributed by atoms with Gasteiger partial charge in [0.05, 0.1) is 6.10 Å². The summed E-state index contributed by atoms with van der Waals surface area (Å²) in [5.41, 5.74) is 6.39. The monoisotopic (exact) mass is 267 g/mol. The maximum atomic E-state index is 9.04. The van der Waals surface area contributed by atoms with E-state index in [1.54, 1.807) is 0 Å². The first-order chi connectivity index (χ1) is 8.53. The molecule has 100 valence electrons. The normalized spacial score (nSPS) is 10.7. The number of nitrogens with two attached hydrogens (primary N) is 1. The van der Waals surface area contributed by atoms with Crippen molar-refractivity contribution in [1.82, 2.24) is 0 Å². The highest BCUT2D eigenvalue weighted by Gasteiger charge is 2.19. The molecule has 0 saturated heterocycles. The molecule has 0 bridgehead atoms. The van der Waals surface area contributed by atoms with Crippen LogP contribution in [0.2, 0.25) is 0 Å². The molecule has 0 amide bonds. The Balaban J connectivity index is 3.05. The number of thiophene rings is 1. The van der Waals surface area contributed by atoms with Crippen LogP contribution in [-0.4, -0.2) is 12.1 Å². The third kappa shape index (κ3) is 3.30. The molecule has 0 atom stereocenters. The first-order valence-electron chi connectivity index (χ1n) is 6.28. The topological polar surface area (TPSA) is 71.1 Å². The molecule has 1 heterocycles. The van der Waals surface area contributed by atoms with Gasteiger partial charge in [0.1, 0.15) is 21.6 Å². The zero-order valence-electron chi connectivity index (χ0n) is 11.4. The van der Waals surface area contributed by atoms with E-state index in [9.17, 15) is 0 Å². The van der Waals surface area contributed by atoms with Gasteiger partial charge in [-0.15, -0.1) is 11.3 Å². The van der Waals surface area contributed by atoms with Crippen molar-refractivity contribution < 1.29 is 4.74 Å². The van der Waals surface area contributed by atoms with Crippen molar-refractivity contribution in [3.8, 4) is 11.8 Å². The summed E-state index contributed by atoms with van der Waals surface area (Å²) < 4.78 is 5.72. The van der Waals surface area contributed by atoms with Crippen LogP contribution in [0.25, 0.3) is 0 Å². The Morgan fingerprint density at radius 2 is 2.00 bits per heavy atom. The molecule has 3 N–H and O–H groups in total. The van der Waals surface area contributed by atoms with Gasteiger partial charge in [-0.25, -0.2) is 0 Å². The van der Waals surface area contributed by atoms with Gasteiger partial charge in [0.15, 0.2) is 5.75 Å². The van der Waals surface area contributed by atoms with E-state index in [2.05, 4.69) is 25.2 Å². The van der Waals surface area contributed by atoms with Gasteiger partial charge in [-0.2, -0.15) is 5.26 Å². The van der Waals surface area contributed by atoms with Crippen LogP contribution in [0, 0.1) is 11.3 Å². The van der Waals surface area contributed by atoms with Crippen LogP contribution in [0.3, 0.4) is 0 Å². The average molecular weight is 267 g/mol. The molecule has 0 fully saturated rings. The smallest absolute Gasteiger partial charge is 0.178 e. The van der Waals surface area contributed by atoms with Crippen molar-refractivity contribution in [2.75, 3.05) is 11.1 Å². The molecule has 1 rings (SSSR count). The molecular formula is C13H21N3OS. The first kappa shape index (κ1) is 14.7. The number of anilines is 2. The summed E-state index contributed by atoms with van der Waals surface area (Å²) in [5, 5.41) is 13.3. The molecule has 18 heavy (non-hydrogen) atoms. The highest BCUT2D eigenvalue weighted by Crippen LogP contribution is 2.43. The lowest BCUT2D eigenvalue weighted by Crippen LogP contribution is -2.17. The molecule has 0 aliphatic heterocycles. The Labute approximate surface area is 113 Å². The molecule has 4 nitrogen and oxygen atoms in total. The van der Waals surface area contributed by atoms with Crippen molar-refractivity contribution in [1.29, 1.82) is 5.26 Å². The van der Waals surface area contributed by atoms with E-state index in [-0.39, 0.29) is 6.10 Å². The maximum absolute atomic E-state index is 9.04. The van der Waals surface area contributed by atoms with E-state index >= 15 is 0 Å². The van der Waals surface area contributed by atoms with Gasteiger partial charge in [0.2, 0.25) is 0 Å². The highest BCUT2D eigenvalue weighted by atomic mass is 32.1. The zero-order chi connectivity index (χ0) is 13.7. The predicted molar refractivity (Wildman–Crippen MR) is 77.2 cm³/mol. The summed E-state index contributed by atoms with van der Waals surface area (Å²) in [7, 11) is 0. The molecular weight excluding hydrogens is 246 g/mol. The summed E-state index contributed by atoms with van der Waals surface area (Å²) in [6.45, 7) is 8.16. The number of nitrogen functional groups attached to an aromatic ring is 1. The molecule has 0 aliphatic rings. The molecule has 1 aromatic rings. The lowest BCUT2D eigenvalue weighted by molar-refractivity contribution is 0.245. The second-order valence-corrected chi connectivity index (χ2v) is 5.46. The fraction of sp³-hybridized carbons (Fsp3) is 0.615. The van der Waals surface area contributed by atoms with E-state index in [0.717, 1.165) is 17.8 Å². The fourth-order valence-corrected chi connectivity index (χ4v) is 2.57. The van der Waals surface area contributed by atoms with Crippen LogP contribution in [0.5, 0.6) is 5.75 Å². The minimum Gasteiger partial charge on any atom is -0.486 e. The van der Waals surface area contributed by atoms with Gasteiger partial charge in [-0.3, -0.25) is 0 Å². The fourth-order valence-electron chi connectivity index (χ4n) is 1.64.